The number of carboxylic acids is 1. The number of rotatable bonds is 4. The van der Waals surface area contributed by atoms with Gasteiger partial charge in [0.2, 0.25) is 0 Å². The molecule has 7 nitrogen and oxygen atoms in total. The van der Waals surface area contributed by atoms with Crippen LogP contribution in [0.15, 0.2) is 0 Å². The molecular formula is C11H18N4O3. The van der Waals surface area contributed by atoms with Gasteiger partial charge in [-0.1, -0.05) is 6.92 Å². The van der Waals surface area contributed by atoms with E-state index in [-0.39, 0.29) is 12.0 Å². The largest absolute Gasteiger partial charge is 0.479 e. The quantitative estimate of drug-likeness (QED) is 0.853. The van der Waals surface area contributed by atoms with Gasteiger partial charge in [0.05, 0.1) is 6.10 Å². The van der Waals surface area contributed by atoms with Crippen LogP contribution in [0.3, 0.4) is 0 Å². The second-order valence-corrected chi connectivity index (χ2v) is 5.03. The Labute approximate surface area is 105 Å². The predicted octanol–water partition coefficient (Wildman–Crippen LogP) is 0.775. The van der Waals surface area contributed by atoms with Gasteiger partial charge in [-0.25, -0.2) is 9.48 Å². The van der Waals surface area contributed by atoms with E-state index in [9.17, 15) is 9.90 Å². The van der Waals surface area contributed by atoms with E-state index in [1.807, 2.05) is 6.92 Å². The molecule has 0 bridgehead atoms. The van der Waals surface area contributed by atoms with Gasteiger partial charge in [0, 0.05) is 12.5 Å². The Bertz CT molecular complexity index is 443. The summed E-state index contributed by atoms with van der Waals surface area (Å²) in [6, 6.07) is 0. The molecule has 1 saturated heterocycles. The summed E-state index contributed by atoms with van der Waals surface area (Å²) in [6.07, 6.45) is 1.76. The number of aromatic nitrogens is 4. The first kappa shape index (κ1) is 12.9. The number of carboxylic acid groups (broad SMARTS) is 1. The number of hydrogen-bond acceptors (Lipinski definition) is 5. The predicted molar refractivity (Wildman–Crippen MR) is 62.2 cm³/mol. The lowest BCUT2D eigenvalue weighted by atomic mass is 9.97. The second-order valence-electron chi connectivity index (χ2n) is 5.03. The highest BCUT2D eigenvalue weighted by Crippen LogP contribution is 2.33. The molecule has 0 aliphatic carbocycles. The third kappa shape index (κ3) is 1.98. The fraction of sp³-hybridized carbons (Fsp3) is 0.818. The zero-order valence-corrected chi connectivity index (χ0v) is 10.8. The molecule has 0 radical (unpaired) electrons. The first-order valence-electron chi connectivity index (χ1n) is 6.12. The van der Waals surface area contributed by atoms with Gasteiger partial charge in [-0.2, -0.15) is 0 Å². The molecule has 2 heterocycles. The van der Waals surface area contributed by atoms with Crippen LogP contribution < -0.4 is 0 Å². The van der Waals surface area contributed by atoms with Gasteiger partial charge in [0.1, 0.15) is 0 Å². The van der Waals surface area contributed by atoms with Crippen molar-refractivity contribution in [2.24, 2.45) is 0 Å². The maximum absolute atomic E-state index is 11.3. The molecule has 1 aromatic heterocycles. The highest BCUT2D eigenvalue weighted by molar-refractivity contribution is 5.75. The van der Waals surface area contributed by atoms with Crippen LogP contribution in [0, 0.1) is 0 Å². The SMILES string of the molecule is CCC1OCCC1c1nnnn1C(C)(C)C(=O)O. The second kappa shape index (κ2) is 4.64. The summed E-state index contributed by atoms with van der Waals surface area (Å²) in [6.45, 7) is 5.89. The monoisotopic (exact) mass is 254 g/mol. The van der Waals surface area contributed by atoms with Gasteiger partial charge in [-0.05, 0) is 37.1 Å². The van der Waals surface area contributed by atoms with E-state index in [2.05, 4.69) is 15.5 Å². The summed E-state index contributed by atoms with van der Waals surface area (Å²) in [5, 5.41) is 20.7. The van der Waals surface area contributed by atoms with E-state index in [4.69, 9.17) is 4.74 Å². The van der Waals surface area contributed by atoms with Crippen LogP contribution in [-0.4, -0.2) is 44.0 Å². The topological polar surface area (TPSA) is 90.1 Å². The Morgan fingerprint density at radius 2 is 2.33 bits per heavy atom. The van der Waals surface area contributed by atoms with Gasteiger partial charge < -0.3 is 9.84 Å². The molecule has 1 aromatic rings. The van der Waals surface area contributed by atoms with Crippen LogP contribution in [0.4, 0.5) is 0 Å². The fourth-order valence-electron chi connectivity index (χ4n) is 2.26. The average Bonchev–Trinajstić information content (AvgIpc) is 2.96. The van der Waals surface area contributed by atoms with Crippen LogP contribution >= 0.6 is 0 Å². The molecule has 0 saturated carbocycles. The summed E-state index contributed by atoms with van der Waals surface area (Å²) in [7, 11) is 0. The lowest BCUT2D eigenvalue weighted by molar-refractivity contribution is -0.146. The van der Waals surface area contributed by atoms with Crippen molar-refractivity contribution < 1.29 is 14.6 Å². The zero-order valence-electron chi connectivity index (χ0n) is 10.8. The molecule has 0 amide bonds. The lowest BCUT2D eigenvalue weighted by Gasteiger charge is -2.23. The molecule has 18 heavy (non-hydrogen) atoms. The van der Waals surface area contributed by atoms with Gasteiger partial charge in [0.25, 0.3) is 0 Å². The molecule has 0 spiro atoms. The molecule has 1 N–H and O–H groups in total. The number of hydrogen-bond donors (Lipinski definition) is 1. The molecular weight excluding hydrogens is 236 g/mol. The molecule has 2 unspecified atom stereocenters. The highest BCUT2D eigenvalue weighted by Gasteiger charge is 2.39. The molecule has 1 aliphatic heterocycles. The molecule has 0 aromatic carbocycles. The van der Waals surface area contributed by atoms with Crippen LogP contribution in [0.25, 0.3) is 0 Å². The van der Waals surface area contributed by atoms with Gasteiger partial charge in [-0.3, -0.25) is 0 Å². The van der Waals surface area contributed by atoms with E-state index in [1.54, 1.807) is 13.8 Å². The third-order valence-corrected chi connectivity index (χ3v) is 3.49. The molecule has 2 atom stereocenters. The smallest absolute Gasteiger partial charge is 0.331 e. The molecule has 7 heteroatoms. The number of carbonyl (C=O) groups is 1. The number of nitrogens with zero attached hydrogens (tertiary/aromatic N) is 4. The standard InChI is InChI=1S/C11H18N4O3/c1-4-8-7(5-6-18-8)9-12-13-14-15(9)11(2,3)10(16)17/h7-8H,4-6H2,1-3H3,(H,16,17). The highest BCUT2D eigenvalue weighted by atomic mass is 16.5. The minimum atomic E-state index is -1.15. The fourth-order valence-corrected chi connectivity index (χ4v) is 2.26. The van der Waals surface area contributed by atoms with Crippen molar-refractivity contribution in [1.29, 1.82) is 0 Å². The summed E-state index contributed by atoms with van der Waals surface area (Å²) in [5.74, 6) is -0.279. The van der Waals surface area contributed by atoms with E-state index in [1.165, 1.54) is 4.68 Å². The van der Waals surface area contributed by atoms with Crippen LogP contribution in [0.2, 0.25) is 0 Å². The summed E-state index contributed by atoms with van der Waals surface area (Å²) >= 11 is 0. The number of aliphatic carboxylic acids is 1. The first-order chi connectivity index (χ1) is 8.48. The summed E-state index contributed by atoms with van der Waals surface area (Å²) < 4.78 is 7.01. The van der Waals surface area contributed by atoms with Crippen molar-refractivity contribution in [1.82, 2.24) is 20.2 Å². The Kier molecular flexibility index (Phi) is 3.34. The molecule has 100 valence electrons. The Hall–Kier alpha value is -1.50. The van der Waals surface area contributed by atoms with Crippen molar-refractivity contribution in [3.63, 3.8) is 0 Å². The Morgan fingerprint density at radius 3 is 2.94 bits per heavy atom. The van der Waals surface area contributed by atoms with E-state index < -0.39 is 11.5 Å². The van der Waals surface area contributed by atoms with E-state index in [0.29, 0.717) is 12.4 Å². The van der Waals surface area contributed by atoms with Gasteiger partial charge >= 0.3 is 5.97 Å². The van der Waals surface area contributed by atoms with Crippen LogP contribution in [-0.2, 0) is 15.1 Å². The van der Waals surface area contributed by atoms with E-state index in [0.717, 1.165) is 12.8 Å². The number of tetrazole rings is 1. The summed E-state index contributed by atoms with van der Waals surface area (Å²) in [5.41, 5.74) is -1.15. The van der Waals surface area contributed by atoms with Crippen molar-refractivity contribution in [2.75, 3.05) is 6.61 Å². The van der Waals surface area contributed by atoms with Crippen molar-refractivity contribution in [3.8, 4) is 0 Å². The third-order valence-electron chi connectivity index (χ3n) is 3.49. The van der Waals surface area contributed by atoms with Crippen molar-refractivity contribution >= 4 is 5.97 Å². The number of ether oxygens (including phenoxy) is 1. The Balaban J connectivity index is 2.36. The maximum atomic E-state index is 11.3. The average molecular weight is 254 g/mol. The molecule has 1 fully saturated rings. The maximum Gasteiger partial charge on any atom is 0.331 e. The van der Waals surface area contributed by atoms with Crippen LogP contribution in [0.1, 0.15) is 45.4 Å². The van der Waals surface area contributed by atoms with Crippen molar-refractivity contribution in [2.45, 2.75) is 51.2 Å². The summed E-state index contributed by atoms with van der Waals surface area (Å²) in [4.78, 5) is 11.3. The van der Waals surface area contributed by atoms with Crippen LogP contribution in [0.5, 0.6) is 0 Å². The molecule has 1 aliphatic rings. The van der Waals surface area contributed by atoms with E-state index >= 15 is 0 Å². The Morgan fingerprint density at radius 1 is 1.61 bits per heavy atom. The zero-order chi connectivity index (χ0) is 13.3. The first-order valence-corrected chi connectivity index (χ1v) is 6.12. The van der Waals surface area contributed by atoms with Gasteiger partial charge in [0.15, 0.2) is 11.4 Å². The minimum absolute atomic E-state index is 0.0688. The molecule has 2 rings (SSSR count). The van der Waals surface area contributed by atoms with Gasteiger partial charge in [-0.15, -0.1) is 5.10 Å². The minimum Gasteiger partial charge on any atom is -0.479 e. The van der Waals surface area contributed by atoms with Crippen molar-refractivity contribution in [3.05, 3.63) is 5.82 Å². The lowest BCUT2D eigenvalue weighted by Crippen LogP contribution is -2.39. The normalized spacial score (nSPS) is 24.4.